The first-order valence-electron chi connectivity index (χ1n) is 7.25. The van der Waals surface area contributed by atoms with Gasteiger partial charge in [0.25, 0.3) is 5.56 Å². The van der Waals surface area contributed by atoms with E-state index in [2.05, 4.69) is 20.5 Å². The molecular formula is C15H17N5O4. The summed E-state index contributed by atoms with van der Waals surface area (Å²) in [6.07, 6.45) is 2.95. The summed E-state index contributed by atoms with van der Waals surface area (Å²) in [5.41, 5.74) is 3.35. The second-order valence-electron chi connectivity index (χ2n) is 4.89. The Balaban J connectivity index is 2.16. The van der Waals surface area contributed by atoms with Crippen LogP contribution in [-0.4, -0.2) is 28.2 Å². The smallest absolute Gasteiger partial charge is 0.311 e. The van der Waals surface area contributed by atoms with Crippen LogP contribution in [0.5, 0.6) is 5.75 Å². The number of aromatic amines is 1. The van der Waals surface area contributed by atoms with Gasteiger partial charge < -0.3 is 4.74 Å². The van der Waals surface area contributed by atoms with Crippen molar-refractivity contribution in [2.24, 2.45) is 5.10 Å². The van der Waals surface area contributed by atoms with Gasteiger partial charge in [0.05, 0.1) is 18.2 Å². The molecule has 0 bridgehead atoms. The Morgan fingerprint density at radius 3 is 2.92 bits per heavy atom. The molecule has 1 aromatic heterocycles. The molecule has 0 aliphatic heterocycles. The third kappa shape index (κ3) is 4.38. The fourth-order valence-corrected chi connectivity index (χ4v) is 2.04. The zero-order valence-corrected chi connectivity index (χ0v) is 13.3. The monoisotopic (exact) mass is 331 g/mol. The Labute approximate surface area is 137 Å². The van der Waals surface area contributed by atoms with Crippen LogP contribution in [0.4, 0.5) is 11.6 Å². The number of ether oxygens (including phenoxy) is 1. The molecule has 9 nitrogen and oxygen atoms in total. The number of nitrogens with one attached hydrogen (secondary N) is 2. The molecule has 0 fully saturated rings. The van der Waals surface area contributed by atoms with Gasteiger partial charge in [-0.3, -0.25) is 19.9 Å². The van der Waals surface area contributed by atoms with Crippen molar-refractivity contribution in [3.05, 3.63) is 56.0 Å². The maximum Gasteiger partial charge on any atom is 0.311 e. The van der Waals surface area contributed by atoms with E-state index in [0.29, 0.717) is 17.7 Å². The molecule has 1 heterocycles. The second-order valence-corrected chi connectivity index (χ2v) is 4.89. The van der Waals surface area contributed by atoms with Gasteiger partial charge in [0, 0.05) is 23.4 Å². The number of benzene rings is 1. The lowest BCUT2D eigenvalue weighted by Gasteiger charge is -2.03. The largest absolute Gasteiger partial charge is 0.490 e. The molecule has 9 heteroatoms. The zero-order chi connectivity index (χ0) is 17.5. The van der Waals surface area contributed by atoms with Gasteiger partial charge in [-0.15, -0.1) is 0 Å². The third-order valence-electron chi connectivity index (χ3n) is 3.08. The minimum Gasteiger partial charge on any atom is -0.490 e. The maximum absolute atomic E-state index is 11.5. The van der Waals surface area contributed by atoms with Gasteiger partial charge in [-0.1, -0.05) is 13.3 Å². The number of aromatic nitrogens is 2. The fraction of sp³-hybridized carbons (Fsp3) is 0.267. The Hall–Kier alpha value is -3.23. The van der Waals surface area contributed by atoms with Crippen LogP contribution >= 0.6 is 0 Å². The molecule has 0 radical (unpaired) electrons. The van der Waals surface area contributed by atoms with Crippen LogP contribution < -0.4 is 15.7 Å². The molecule has 126 valence electrons. The topological polar surface area (TPSA) is 123 Å². The van der Waals surface area contributed by atoms with E-state index in [9.17, 15) is 14.9 Å². The standard InChI is InChI=1S/C15H17N5O4/c1-3-4-11-8-14(21)18-15(17-11)19-16-9-10-5-6-13(24-2)12(7-10)20(22)23/h5-9H,3-4H2,1-2H3,(H2,17,18,19,21). The summed E-state index contributed by atoms with van der Waals surface area (Å²) in [4.78, 5) is 28.7. The lowest BCUT2D eigenvalue weighted by molar-refractivity contribution is -0.385. The molecule has 2 aromatic rings. The molecule has 0 amide bonds. The van der Waals surface area contributed by atoms with Crippen LogP contribution in [-0.2, 0) is 6.42 Å². The summed E-state index contributed by atoms with van der Waals surface area (Å²) in [5, 5.41) is 14.9. The molecule has 2 N–H and O–H groups in total. The molecule has 0 aliphatic rings. The number of nitro benzene ring substituents is 1. The van der Waals surface area contributed by atoms with Crippen LogP contribution in [0.1, 0.15) is 24.6 Å². The van der Waals surface area contributed by atoms with Crippen molar-refractivity contribution in [2.75, 3.05) is 12.5 Å². The Bertz CT molecular complexity index is 816. The summed E-state index contributed by atoms with van der Waals surface area (Å²) in [7, 11) is 1.36. The molecule has 0 saturated heterocycles. The Morgan fingerprint density at radius 2 is 2.25 bits per heavy atom. The molecule has 0 saturated carbocycles. The van der Waals surface area contributed by atoms with E-state index < -0.39 is 4.92 Å². The first-order chi connectivity index (χ1) is 11.5. The van der Waals surface area contributed by atoms with Gasteiger partial charge in [-0.2, -0.15) is 5.10 Å². The fourth-order valence-electron chi connectivity index (χ4n) is 2.04. The second kappa shape index (κ2) is 7.86. The van der Waals surface area contributed by atoms with Crippen LogP contribution in [0.2, 0.25) is 0 Å². The minimum atomic E-state index is -0.531. The number of nitrogens with zero attached hydrogens (tertiary/aromatic N) is 3. The highest BCUT2D eigenvalue weighted by Crippen LogP contribution is 2.26. The first-order valence-corrected chi connectivity index (χ1v) is 7.25. The van der Waals surface area contributed by atoms with Gasteiger partial charge >= 0.3 is 5.69 Å². The number of methoxy groups -OCH3 is 1. The molecular weight excluding hydrogens is 314 g/mol. The van der Waals surface area contributed by atoms with E-state index in [0.717, 1.165) is 6.42 Å². The van der Waals surface area contributed by atoms with Crippen molar-refractivity contribution in [3.8, 4) is 5.75 Å². The number of hydrazone groups is 1. The Morgan fingerprint density at radius 1 is 1.46 bits per heavy atom. The lowest BCUT2D eigenvalue weighted by atomic mass is 10.2. The molecule has 0 unspecified atom stereocenters. The number of H-pyrrole nitrogens is 1. The highest BCUT2D eigenvalue weighted by Gasteiger charge is 2.14. The molecule has 2 rings (SSSR count). The highest BCUT2D eigenvalue weighted by molar-refractivity contribution is 5.82. The zero-order valence-electron chi connectivity index (χ0n) is 13.3. The summed E-state index contributed by atoms with van der Waals surface area (Å²) in [6, 6.07) is 5.89. The van der Waals surface area contributed by atoms with E-state index in [1.54, 1.807) is 6.07 Å². The van der Waals surface area contributed by atoms with Gasteiger partial charge in [-0.25, -0.2) is 10.4 Å². The number of aryl methyl sites for hydroxylation is 1. The van der Waals surface area contributed by atoms with Crippen molar-refractivity contribution >= 4 is 17.9 Å². The van der Waals surface area contributed by atoms with Crippen molar-refractivity contribution in [1.29, 1.82) is 0 Å². The molecule has 0 spiro atoms. The van der Waals surface area contributed by atoms with Gasteiger partial charge in [0.2, 0.25) is 5.95 Å². The van der Waals surface area contributed by atoms with Gasteiger partial charge in [0.15, 0.2) is 5.75 Å². The Kier molecular flexibility index (Phi) is 5.61. The van der Waals surface area contributed by atoms with Crippen LogP contribution in [0, 0.1) is 10.1 Å². The van der Waals surface area contributed by atoms with E-state index in [-0.39, 0.29) is 22.9 Å². The van der Waals surface area contributed by atoms with Crippen molar-refractivity contribution < 1.29 is 9.66 Å². The van der Waals surface area contributed by atoms with Crippen molar-refractivity contribution in [2.45, 2.75) is 19.8 Å². The molecule has 0 aliphatic carbocycles. The van der Waals surface area contributed by atoms with Gasteiger partial charge in [-0.05, 0) is 18.6 Å². The number of hydrogen-bond donors (Lipinski definition) is 2. The van der Waals surface area contributed by atoms with E-state index >= 15 is 0 Å². The van der Waals surface area contributed by atoms with Crippen LogP contribution in [0.25, 0.3) is 0 Å². The number of anilines is 1. The SMILES string of the molecule is CCCc1cc(=O)[nH]c(NN=Cc2ccc(OC)c([N+](=O)[O-])c2)n1. The van der Waals surface area contributed by atoms with E-state index in [4.69, 9.17) is 4.74 Å². The maximum atomic E-state index is 11.5. The van der Waals surface area contributed by atoms with Crippen molar-refractivity contribution in [3.63, 3.8) is 0 Å². The normalized spacial score (nSPS) is 10.8. The number of rotatable bonds is 7. The van der Waals surface area contributed by atoms with Crippen LogP contribution in [0.15, 0.2) is 34.2 Å². The average Bonchev–Trinajstić information content (AvgIpc) is 2.54. The summed E-state index contributed by atoms with van der Waals surface area (Å²) >= 11 is 0. The van der Waals surface area contributed by atoms with Gasteiger partial charge in [0.1, 0.15) is 0 Å². The third-order valence-corrected chi connectivity index (χ3v) is 3.08. The lowest BCUT2D eigenvalue weighted by Crippen LogP contribution is -2.12. The average molecular weight is 331 g/mol. The minimum absolute atomic E-state index is 0.155. The van der Waals surface area contributed by atoms with E-state index in [1.165, 1.54) is 31.5 Å². The quantitative estimate of drug-likeness (QED) is 0.455. The van der Waals surface area contributed by atoms with E-state index in [1.807, 2.05) is 6.92 Å². The van der Waals surface area contributed by atoms with Crippen molar-refractivity contribution in [1.82, 2.24) is 9.97 Å². The predicted octanol–water partition coefficient (Wildman–Crippen LogP) is 2.09. The molecule has 0 atom stereocenters. The van der Waals surface area contributed by atoms with Crippen LogP contribution in [0.3, 0.4) is 0 Å². The summed E-state index contributed by atoms with van der Waals surface area (Å²) in [5.74, 6) is 0.383. The predicted molar refractivity (Wildman–Crippen MR) is 89.7 cm³/mol. The summed E-state index contributed by atoms with van der Waals surface area (Å²) in [6.45, 7) is 1.99. The first kappa shape index (κ1) is 17.1. The molecule has 24 heavy (non-hydrogen) atoms. The molecule has 1 aromatic carbocycles. The number of nitro groups is 1. The highest BCUT2D eigenvalue weighted by atomic mass is 16.6. The number of hydrogen-bond acceptors (Lipinski definition) is 7. The summed E-state index contributed by atoms with van der Waals surface area (Å²) < 4.78 is 4.93.